The number of rotatable bonds is 3. The van der Waals surface area contributed by atoms with Crippen molar-refractivity contribution in [1.29, 1.82) is 0 Å². The van der Waals surface area contributed by atoms with Gasteiger partial charge in [0.2, 0.25) is 0 Å². The van der Waals surface area contributed by atoms with Gasteiger partial charge in [-0.25, -0.2) is 0 Å². The maximum Gasteiger partial charge on any atom is 0.193 e. The molecule has 0 atom stereocenters. The maximum absolute atomic E-state index is 9.38. The van der Waals surface area contributed by atoms with Crippen LogP contribution in [0.15, 0.2) is 16.5 Å². The molecule has 15 heavy (non-hydrogen) atoms. The summed E-state index contributed by atoms with van der Waals surface area (Å²) in [4.78, 5) is 0. The fourth-order valence-electron chi connectivity index (χ4n) is 2.12. The zero-order valence-electron chi connectivity index (χ0n) is 9.20. The lowest BCUT2D eigenvalue weighted by atomic mass is 9.87. The Morgan fingerprint density at radius 3 is 2.67 bits per heavy atom. The van der Waals surface area contributed by atoms with Crippen LogP contribution < -0.4 is 5.32 Å². The monoisotopic (exact) mass is 209 g/mol. The molecular formula is C12H19NO2. The lowest BCUT2D eigenvalue weighted by Gasteiger charge is -2.25. The smallest absolute Gasteiger partial charge is 0.193 e. The highest BCUT2D eigenvalue weighted by Gasteiger charge is 2.19. The first kappa shape index (κ1) is 10.6. The van der Waals surface area contributed by atoms with Gasteiger partial charge in [-0.2, -0.15) is 0 Å². The van der Waals surface area contributed by atoms with Crippen molar-refractivity contribution < 1.29 is 9.52 Å². The number of anilines is 1. The summed E-state index contributed by atoms with van der Waals surface area (Å²) in [5.41, 5.74) is 0. The molecule has 2 rings (SSSR count). The fourth-order valence-corrected chi connectivity index (χ4v) is 2.12. The maximum atomic E-state index is 9.38. The highest BCUT2D eigenvalue weighted by atomic mass is 16.4. The second-order valence-electron chi connectivity index (χ2n) is 4.47. The van der Waals surface area contributed by atoms with Gasteiger partial charge < -0.3 is 14.8 Å². The largest absolute Gasteiger partial charge is 0.446 e. The summed E-state index contributed by atoms with van der Waals surface area (Å²) in [6.07, 6.45) is 4.07. The number of aryl methyl sites for hydroxylation is 1. The minimum Gasteiger partial charge on any atom is -0.446 e. The van der Waals surface area contributed by atoms with E-state index in [9.17, 15) is 5.11 Å². The van der Waals surface area contributed by atoms with Crippen LogP contribution in [0.25, 0.3) is 0 Å². The molecule has 0 radical (unpaired) electrons. The number of furan rings is 1. The van der Waals surface area contributed by atoms with Crippen LogP contribution in [-0.2, 0) is 0 Å². The van der Waals surface area contributed by atoms with Crippen LogP contribution >= 0.6 is 0 Å². The molecule has 1 aliphatic carbocycles. The number of hydrogen-bond acceptors (Lipinski definition) is 3. The highest BCUT2D eigenvalue weighted by Crippen LogP contribution is 2.24. The molecule has 3 nitrogen and oxygen atoms in total. The van der Waals surface area contributed by atoms with Gasteiger partial charge in [0.15, 0.2) is 5.88 Å². The Hall–Kier alpha value is -0.960. The van der Waals surface area contributed by atoms with Gasteiger partial charge in [0.05, 0.1) is 6.10 Å². The first-order valence-corrected chi connectivity index (χ1v) is 5.72. The summed E-state index contributed by atoms with van der Waals surface area (Å²) >= 11 is 0. The average molecular weight is 209 g/mol. The minimum atomic E-state index is -0.0629. The lowest BCUT2D eigenvalue weighted by Crippen LogP contribution is -2.23. The molecule has 0 bridgehead atoms. The molecule has 0 aliphatic heterocycles. The molecule has 0 aromatic carbocycles. The number of aliphatic hydroxyl groups is 1. The van der Waals surface area contributed by atoms with Crippen molar-refractivity contribution in [1.82, 2.24) is 0 Å². The van der Waals surface area contributed by atoms with E-state index in [1.165, 1.54) is 0 Å². The zero-order valence-corrected chi connectivity index (χ0v) is 9.20. The first-order chi connectivity index (χ1) is 7.24. The Labute approximate surface area is 90.5 Å². The van der Waals surface area contributed by atoms with E-state index in [0.717, 1.165) is 43.9 Å². The van der Waals surface area contributed by atoms with Gasteiger partial charge in [-0.15, -0.1) is 0 Å². The van der Waals surface area contributed by atoms with E-state index < -0.39 is 0 Å². The summed E-state index contributed by atoms with van der Waals surface area (Å²) in [6, 6.07) is 3.93. The predicted octanol–water partition coefficient (Wildman–Crippen LogP) is 2.55. The van der Waals surface area contributed by atoms with E-state index in [1.807, 2.05) is 19.1 Å². The van der Waals surface area contributed by atoms with Crippen molar-refractivity contribution in [3.05, 3.63) is 17.9 Å². The van der Waals surface area contributed by atoms with E-state index >= 15 is 0 Å². The SMILES string of the molecule is Cc1ccc(NCC2CCC(O)CC2)o1. The zero-order chi connectivity index (χ0) is 10.7. The average Bonchev–Trinajstić information content (AvgIpc) is 2.64. The third-order valence-corrected chi connectivity index (χ3v) is 3.12. The third kappa shape index (κ3) is 2.99. The number of aliphatic hydroxyl groups excluding tert-OH is 1. The van der Waals surface area contributed by atoms with Crippen molar-refractivity contribution >= 4 is 5.88 Å². The molecule has 0 unspecified atom stereocenters. The van der Waals surface area contributed by atoms with Gasteiger partial charge in [0.1, 0.15) is 5.76 Å². The van der Waals surface area contributed by atoms with Crippen molar-refractivity contribution in [2.75, 3.05) is 11.9 Å². The van der Waals surface area contributed by atoms with Crippen molar-refractivity contribution in [3.8, 4) is 0 Å². The molecule has 1 heterocycles. The second kappa shape index (κ2) is 4.71. The van der Waals surface area contributed by atoms with E-state index in [1.54, 1.807) is 0 Å². The van der Waals surface area contributed by atoms with Gasteiger partial charge >= 0.3 is 0 Å². The summed E-state index contributed by atoms with van der Waals surface area (Å²) in [5, 5.41) is 12.7. The van der Waals surface area contributed by atoms with E-state index in [0.29, 0.717) is 5.92 Å². The standard InChI is InChI=1S/C12H19NO2/c1-9-2-7-12(15-9)13-8-10-3-5-11(14)6-4-10/h2,7,10-11,13-14H,3-6,8H2,1H3. The quantitative estimate of drug-likeness (QED) is 0.804. The summed E-state index contributed by atoms with van der Waals surface area (Å²) in [6.45, 7) is 2.90. The van der Waals surface area contributed by atoms with Gasteiger partial charge in [-0.3, -0.25) is 0 Å². The van der Waals surface area contributed by atoms with Crippen LogP contribution in [0.2, 0.25) is 0 Å². The molecule has 1 aromatic rings. The summed E-state index contributed by atoms with van der Waals surface area (Å²) < 4.78 is 5.44. The van der Waals surface area contributed by atoms with Crippen LogP contribution in [0.3, 0.4) is 0 Å². The van der Waals surface area contributed by atoms with Gasteiger partial charge in [-0.1, -0.05) is 0 Å². The molecule has 1 aromatic heterocycles. The van der Waals surface area contributed by atoms with E-state index in [-0.39, 0.29) is 6.10 Å². The topological polar surface area (TPSA) is 45.4 Å². The van der Waals surface area contributed by atoms with E-state index in [4.69, 9.17) is 4.42 Å². The lowest BCUT2D eigenvalue weighted by molar-refractivity contribution is 0.111. The summed E-state index contributed by atoms with van der Waals surface area (Å²) in [7, 11) is 0. The number of nitrogens with one attached hydrogen (secondary N) is 1. The Bertz CT molecular complexity index is 300. The molecule has 0 saturated heterocycles. The minimum absolute atomic E-state index is 0.0629. The van der Waals surface area contributed by atoms with Gasteiger partial charge in [-0.05, 0) is 44.6 Å². The van der Waals surface area contributed by atoms with Crippen LogP contribution in [0.4, 0.5) is 5.88 Å². The van der Waals surface area contributed by atoms with E-state index in [2.05, 4.69) is 5.32 Å². The Kier molecular flexibility index (Phi) is 3.31. The molecule has 2 N–H and O–H groups in total. The predicted molar refractivity (Wildman–Crippen MR) is 59.9 cm³/mol. The molecule has 84 valence electrons. The fraction of sp³-hybridized carbons (Fsp3) is 0.667. The molecular weight excluding hydrogens is 190 g/mol. The molecule has 1 aliphatic rings. The van der Waals surface area contributed by atoms with Crippen LogP contribution in [0, 0.1) is 12.8 Å². The van der Waals surface area contributed by atoms with Gasteiger partial charge in [0, 0.05) is 12.6 Å². The Morgan fingerprint density at radius 1 is 1.33 bits per heavy atom. The molecule has 1 saturated carbocycles. The van der Waals surface area contributed by atoms with Gasteiger partial charge in [0.25, 0.3) is 0 Å². The highest BCUT2D eigenvalue weighted by molar-refractivity contribution is 5.31. The van der Waals surface area contributed by atoms with Crippen molar-refractivity contribution in [2.24, 2.45) is 5.92 Å². The third-order valence-electron chi connectivity index (χ3n) is 3.12. The first-order valence-electron chi connectivity index (χ1n) is 5.72. The molecule has 1 fully saturated rings. The van der Waals surface area contributed by atoms with Crippen molar-refractivity contribution in [3.63, 3.8) is 0 Å². The van der Waals surface area contributed by atoms with Crippen LogP contribution in [0.5, 0.6) is 0 Å². The Morgan fingerprint density at radius 2 is 2.07 bits per heavy atom. The summed E-state index contributed by atoms with van der Waals surface area (Å²) in [5.74, 6) is 2.48. The van der Waals surface area contributed by atoms with Crippen LogP contribution in [0.1, 0.15) is 31.4 Å². The normalized spacial score (nSPS) is 26.5. The Balaban J connectivity index is 1.74. The molecule has 0 amide bonds. The molecule has 3 heteroatoms. The van der Waals surface area contributed by atoms with Crippen LogP contribution in [-0.4, -0.2) is 17.8 Å². The second-order valence-corrected chi connectivity index (χ2v) is 4.47. The number of hydrogen-bond donors (Lipinski definition) is 2. The van der Waals surface area contributed by atoms with Crippen molar-refractivity contribution in [2.45, 2.75) is 38.7 Å². The molecule has 0 spiro atoms.